The average Bonchev–Trinajstić information content (AvgIpc) is 2.26. The van der Waals surface area contributed by atoms with Crippen LogP contribution in [0.25, 0.3) is 0 Å². The highest BCUT2D eigenvalue weighted by Crippen LogP contribution is 2.22. The third kappa shape index (κ3) is 3.34. The van der Waals surface area contributed by atoms with Gasteiger partial charge in [-0.1, -0.05) is 22.9 Å². The van der Waals surface area contributed by atoms with Gasteiger partial charge in [-0.05, 0) is 18.2 Å². The number of nitrogens with two attached hydrogens (primary N) is 1. The van der Waals surface area contributed by atoms with Crippen LogP contribution in [-0.2, 0) is 4.79 Å². The van der Waals surface area contributed by atoms with Crippen molar-refractivity contribution in [3.05, 3.63) is 28.2 Å². The number of rotatable bonds is 5. The molecule has 0 aliphatic carbocycles. The van der Waals surface area contributed by atoms with Gasteiger partial charge in [0.2, 0.25) is 5.91 Å². The molecule has 0 aromatic heterocycles. The summed E-state index contributed by atoms with van der Waals surface area (Å²) in [5, 5.41) is 0. The molecule has 0 radical (unpaired) electrons. The Labute approximate surface area is 102 Å². The number of carbonyl (C=O) groups excluding carboxylic acids is 2. The Morgan fingerprint density at radius 2 is 2.31 bits per heavy atom. The predicted octanol–water partition coefficient (Wildman–Crippen LogP) is 1.76. The maximum Gasteiger partial charge on any atom is 0.223 e. The van der Waals surface area contributed by atoms with Gasteiger partial charge in [0.1, 0.15) is 5.75 Å². The van der Waals surface area contributed by atoms with Crippen LogP contribution in [0.1, 0.15) is 17.3 Å². The summed E-state index contributed by atoms with van der Waals surface area (Å²) in [6, 6.07) is 5.08. The van der Waals surface area contributed by atoms with Crippen LogP contribution < -0.4 is 10.5 Å². The van der Waals surface area contributed by atoms with E-state index in [0.717, 1.165) is 4.47 Å². The van der Waals surface area contributed by atoms with Crippen molar-refractivity contribution in [2.24, 2.45) is 11.7 Å². The summed E-state index contributed by atoms with van der Waals surface area (Å²) in [4.78, 5) is 21.6. The first-order chi connectivity index (χ1) is 7.54. The number of amides is 1. The molecule has 0 aliphatic heterocycles. The first-order valence-corrected chi connectivity index (χ1v) is 5.50. The second-order valence-electron chi connectivity index (χ2n) is 3.41. The second-order valence-corrected chi connectivity index (χ2v) is 4.33. The Morgan fingerprint density at radius 1 is 1.62 bits per heavy atom. The fourth-order valence-electron chi connectivity index (χ4n) is 1.04. The molecule has 1 rings (SSSR count). The van der Waals surface area contributed by atoms with Gasteiger partial charge in [0, 0.05) is 4.47 Å². The first-order valence-electron chi connectivity index (χ1n) is 4.71. The molecule has 0 fully saturated rings. The highest BCUT2D eigenvalue weighted by Gasteiger charge is 2.11. The number of aldehydes is 1. The van der Waals surface area contributed by atoms with Gasteiger partial charge in [-0.3, -0.25) is 9.59 Å². The molecule has 1 unspecified atom stereocenters. The fraction of sp³-hybridized carbons (Fsp3) is 0.273. The van der Waals surface area contributed by atoms with E-state index in [1.165, 1.54) is 0 Å². The molecule has 1 aromatic carbocycles. The van der Waals surface area contributed by atoms with Gasteiger partial charge in [-0.2, -0.15) is 0 Å². The quantitative estimate of drug-likeness (QED) is 0.838. The van der Waals surface area contributed by atoms with Crippen molar-refractivity contribution in [3.63, 3.8) is 0 Å². The van der Waals surface area contributed by atoms with Crippen LogP contribution in [0.15, 0.2) is 22.7 Å². The van der Waals surface area contributed by atoms with Gasteiger partial charge in [0.25, 0.3) is 0 Å². The third-order valence-electron chi connectivity index (χ3n) is 2.07. The van der Waals surface area contributed by atoms with Crippen molar-refractivity contribution in [2.75, 3.05) is 6.61 Å². The Kier molecular flexibility index (Phi) is 4.49. The molecule has 0 saturated carbocycles. The van der Waals surface area contributed by atoms with Crippen molar-refractivity contribution in [1.82, 2.24) is 0 Å². The number of carbonyl (C=O) groups is 2. The van der Waals surface area contributed by atoms with E-state index in [0.29, 0.717) is 17.6 Å². The lowest BCUT2D eigenvalue weighted by Crippen LogP contribution is -2.25. The standard InChI is InChI=1S/C11H12BrNO3/c1-7(11(13)15)6-16-10-3-2-9(12)4-8(10)5-14/h2-5,7H,6H2,1H3,(H2,13,15). The second kappa shape index (κ2) is 5.65. The summed E-state index contributed by atoms with van der Waals surface area (Å²) in [6.45, 7) is 1.83. The van der Waals surface area contributed by atoms with Gasteiger partial charge in [0.15, 0.2) is 6.29 Å². The Balaban J connectivity index is 2.74. The molecular weight excluding hydrogens is 274 g/mol. The largest absolute Gasteiger partial charge is 0.492 e. The molecular formula is C11H12BrNO3. The van der Waals surface area contributed by atoms with E-state index in [1.807, 2.05) is 0 Å². The molecule has 1 atom stereocenters. The average molecular weight is 286 g/mol. The topological polar surface area (TPSA) is 69.4 Å². The summed E-state index contributed by atoms with van der Waals surface area (Å²) < 4.78 is 6.15. The molecule has 86 valence electrons. The Bertz CT molecular complexity index is 406. The molecule has 5 heteroatoms. The zero-order valence-corrected chi connectivity index (χ0v) is 10.4. The number of primary amides is 1. The SMILES string of the molecule is CC(COc1ccc(Br)cc1C=O)C(N)=O. The summed E-state index contributed by atoms with van der Waals surface area (Å²) in [6.07, 6.45) is 0.703. The zero-order chi connectivity index (χ0) is 12.1. The van der Waals surface area contributed by atoms with E-state index in [9.17, 15) is 9.59 Å². The van der Waals surface area contributed by atoms with E-state index in [1.54, 1.807) is 25.1 Å². The molecule has 0 saturated heterocycles. The van der Waals surface area contributed by atoms with Crippen molar-refractivity contribution >= 4 is 28.1 Å². The van der Waals surface area contributed by atoms with Crippen molar-refractivity contribution in [2.45, 2.75) is 6.92 Å². The van der Waals surface area contributed by atoms with Gasteiger partial charge >= 0.3 is 0 Å². The minimum Gasteiger partial charge on any atom is -0.492 e. The Morgan fingerprint density at radius 3 is 2.88 bits per heavy atom. The van der Waals surface area contributed by atoms with Gasteiger partial charge < -0.3 is 10.5 Å². The lowest BCUT2D eigenvalue weighted by atomic mass is 10.2. The normalized spacial score (nSPS) is 11.9. The monoisotopic (exact) mass is 285 g/mol. The van der Waals surface area contributed by atoms with Crippen molar-refractivity contribution in [3.8, 4) is 5.75 Å². The molecule has 0 heterocycles. The van der Waals surface area contributed by atoms with E-state index >= 15 is 0 Å². The van der Waals surface area contributed by atoms with Crippen LogP contribution in [0.3, 0.4) is 0 Å². The van der Waals surface area contributed by atoms with E-state index in [4.69, 9.17) is 10.5 Å². The third-order valence-corrected chi connectivity index (χ3v) is 2.57. The molecule has 1 aromatic rings. The molecule has 0 bridgehead atoms. The summed E-state index contributed by atoms with van der Waals surface area (Å²) in [5.41, 5.74) is 5.53. The maximum absolute atomic E-state index is 10.8. The summed E-state index contributed by atoms with van der Waals surface area (Å²) >= 11 is 3.25. The minimum absolute atomic E-state index is 0.164. The molecule has 0 spiro atoms. The number of ether oxygens (including phenoxy) is 1. The smallest absolute Gasteiger partial charge is 0.223 e. The number of halogens is 1. The van der Waals surface area contributed by atoms with E-state index in [-0.39, 0.29) is 12.5 Å². The number of hydrogen-bond acceptors (Lipinski definition) is 3. The van der Waals surface area contributed by atoms with E-state index in [2.05, 4.69) is 15.9 Å². The summed E-state index contributed by atoms with van der Waals surface area (Å²) in [5.74, 6) is -0.362. The molecule has 2 N–H and O–H groups in total. The van der Waals surface area contributed by atoms with Gasteiger partial charge in [-0.15, -0.1) is 0 Å². The molecule has 16 heavy (non-hydrogen) atoms. The lowest BCUT2D eigenvalue weighted by molar-refractivity contribution is -0.122. The predicted molar refractivity (Wildman–Crippen MR) is 63.4 cm³/mol. The first kappa shape index (κ1) is 12.7. The van der Waals surface area contributed by atoms with Crippen molar-refractivity contribution < 1.29 is 14.3 Å². The van der Waals surface area contributed by atoms with Crippen LogP contribution in [0, 0.1) is 5.92 Å². The van der Waals surface area contributed by atoms with Crippen molar-refractivity contribution in [1.29, 1.82) is 0 Å². The Hall–Kier alpha value is -1.36. The number of hydrogen-bond donors (Lipinski definition) is 1. The van der Waals surface area contributed by atoms with Crippen LogP contribution in [-0.4, -0.2) is 18.8 Å². The lowest BCUT2D eigenvalue weighted by Gasteiger charge is -2.11. The molecule has 0 aliphatic rings. The minimum atomic E-state index is -0.426. The van der Waals surface area contributed by atoms with Crippen LogP contribution >= 0.6 is 15.9 Å². The molecule has 1 amide bonds. The number of benzene rings is 1. The highest BCUT2D eigenvalue weighted by molar-refractivity contribution is 9.10. The maximum atomic E-state index is 10.8. The van der Waals surface area contributed by atoms with Crippen LogP contribution in [0.2, 0.25) is 0 Å². The molecule has 4 nitrogen and oxygen atoms in total. The van der Waals surface area contributed by atoms with E-state index < -0.39 is 5.91 Å². The summed E-state index contributed by atoms with van der Waals surface area (Å²) in [7, 11) is 0. The zero-order valence-electron chi connectivity index (χ0n) is 8.77. The fourth-order valence-corrected chi connectivity index (χ4v) is 1.42. The van der Waals surface area contributed by atoms with Gasteiger partial charge in [0.05, 0.1) is 18.1 Å². The van der Waals surface area contributed by atoms with Crippen LogP contribution in [0.4, 0.5) is 0 Å². The highest BCUT2D eigenvalue weighted by atomic mass is 79.9. The van der Waals surface area contributed by atoms with Gasteiger partial charge in [-0.25, -0.2) is 0 Å². The van der Waals surface area contributed by atoms with Crippen LogP contribution in [0.5, 0.6) is 5.75 Å².